The Labute approximate surface area is 277 Å². The van der Waals surface area contributed by atoms with Crippen LogP contribution in [0.15, 0.2) is 152 Å². The summed E-state index contributed by atoms with van der Waals surface area (Å²) in [6.07, 6.45) is 0. The molecule has 47 heavy (non-hydrogen) atoms. The molecule has 0 unspecified atom stereocenters. The van der Waals surface area contributed by atoms with Crippen molar-refractivity contribution in [1.29, 1.82) is 0 Å². The Balaban J connectivity index is 1.35. The lowest BCUT2D eigenvalue weighted by Crippen LogP contribution is -2.21. The molecular weight excluding hydrogens is 567 g/mol. The third kappa shape index (κ3) is 3.96. The van der Waals surface area contributed by atoms with Gasteiger partial charge in [-0.1, -0.05) is 155 Å². The minimum absolute atomic E-state index is 0.0645. The lowest BCUT2D eigenvalue weighted by molar-refractivity contribution is 0.660. The normalized spacial score (nSPS) is 14.7. The maximum Gasteiger partial charge on any atom is 0.0540 e. The number of anilines is 3. The Hall–Kier alpha value is -5.40. The molecule has 226 valence electrons. The Morgan fingerprint density at radius 3 is 1.74 bits per heavy atom. The van der Waals surface area contributed by atoms with Gasteiger partial charge in [0.2, 0.25) is 0 Å². The molecule has 0 fully saturated rings. The molecule has 0 amide bonds. The summed E-state index contributed by atoms with van der Waals surface area (Å²) in [7, 11) is 0. The van der Waals surface area contributed by atoms with Crippen LogP contribution in [-0.2, 0) is 10.8 Å². The molecular formula is C46H37N. The second kappa shape index (κ2) is 10.0. The number of rotatable bonds is 4. The zero-order chi connectivity index (χ0) is 31.9. The van der Waals surface area contributed by atoms with E-state index in [0.717, 1.165) is 5.69 Å². The minimum Gasteiger partial charge on any atom is -0.310 e. The first kappa shape index (κ1) is 27.9. The summed E-state index contributed by atoms with van der Waals surface area (Å²) in [6, 6.07) is 56.3. The predicted molar refractivity (Wildman–Crippen MR) is 199 cm³/mol. The second-order valence-electron chi connectivity index (χ2n) is 14.2. The molecule has 2 aliphatic carbocycles. The van der Waals surface area contributed by atoms with Gasteiger partial charge >= 0.3 is 0 Å². The van der Waals surface area contributed by atoms with E-state index in [-0.39, 0.29) is 10.8 Å². The van der Waals surface area contributed by atoms with Gasteiger partial charge in [0.25, 0.3) is 0 Å². The fraction of sp³-hybridized carbons (Fsp3) is 0.130. The molecule has 0 radical (unpaired) electrons. The molecule has 0 saturated carbocycles. The first-order valence-corrected chi connectivity index (χ1v) is 16.7. The van der Waals surface area contributed by atoms with E-state index in [2.05, 4.69) is 184 Å². The second-order valence-corrected chi connectivity index (χ2v) is 14.2. The molecule has 0 aromatic heterocycles. The highest BCUT2D eigenvalue weighted by molar-refractivity contribution is 6.00. The van der Waals surface area contributed by atoms with Gasteiger partial charge in [0.1, 0.15) is 0 Å². The number of benzene rings is 7. The highest BCUT2D eigenvalue weighted by Crippen LogP contribution is 2.57. The Kier molecular flexibility index (Phi) is 5.96. The molecule has 0 saturated heterocycles. The van der Waals surface area contributed by atoms with Gasteiger partial charge in [-0.15, -0.1) is 0 Å². The van der Waals surface area contributed by atoms with E-state index in [1.807, 2.05) is 0 Å². The fourth-order valence-electron chi connectivity index (χ4n) is 8.60. The number of fused-ring (bicyclic) bond motifs is 7. The van der Waals surface area contributed by atoms with Crippen molar-refractivity contribution in [2.45, 2.75) is 38.5 Å². The highest BCUT2D eigenvalue weighted by Gasteiger charge is 2.40. The van der Waals surface area contributed by atoms with Gasteiger partial charge in [0, 0.05) is 22.1 Å². The van der Waals surface area contributed by atoms with Crippen LogP contribution in [0.3, 0.4) is 0 Å². The summed E-state index contributed by atoms with van der Waals surface area (Å²) in [5.41, 5.74) is 16.7. The van der Waals surface area contributed by atoms with Crippen LogP contribution in [0.25, 0.3) is 44.2 Å². The van der Waals surface area contributed by atoms with Crippen LogP contribution in [0.1, 0.15) is 49.9 Å². The van der Waals surface area contributed by atoms with Crippen molar-refractivity contribution in [3.63, 3.8) is 0 Å². The van der Waals surface area contributed by atoms with Crippen molar-refractivity contribution in [2.24, 2.45) is 0 Å². The molecule has 9 rings (SSSR count). The van der Waals surface area contributed by atoms with Gasteiger partial charge in [-0.2, -0.15) is 0 Å². The first-order valence-electron chi connectivity index (χ1n) is 16.7. The summed E-state index contributed by atoms with van der Waals surface area (Å²) in [5.74, 6) is 0. The number of hydrogen-bond donors (Lipinski definition) is 0. The third-order valence-electron chi connectivity index (χ3n) is 10.8. The average Bonchev–Trinajstić information content (AvgIpc) is 3.49. The zero-order valence-electron chi connectivity index (χ0n) is 27.4. The number of para-hydroxylation sites is 1. The van der Waals surface area contributed by atoms with E-state index in [1.165, 1.54) is 77.8 Å². The van der Waals surface area contributed by atoms with Crippen LogP contribution in [-0.4, -0.2) is 0 Å². The van der Waals surface area contributed by atoms with Crippen molar-refractivity contribution >= 4 is 27.8 Å². The molecule has 0 N–H and O–H groups in total. The molecule has 1 nitrogen and oxygen atoms in total. The Morgan fingerprint density at radius 2 is 0.936 bits per heavy atom. The lowest BCUT2D eigenvalue weighted by Gasteiger charge is -2.33. The quantitative estimate of drug-likeness (QED) is 0.193. The van der Waals surface area contributed by atoms with E-state index in [9.17, 15) is 0 Å². The predicted octanol–water partition coefficient (Wildman–Crippen LogP) is 12.6. The maximum atomic E-state index is 2.53. The van der Waals surface area contributed by atoms with Gasteiger partial charge in [0.15, 0.2) is 0 Å². The molecule has 7 aromatic carbocycles. The van der Waals surface area contributed by atoms with Crippen LogP contribution in [0, 0.1) is 0 Å². The van der Waals surface area contributed by atoms with E-state index in [4.69, 9.17) is 0 Å². The average molecular weight is 604 g/mol. The van der Waals surface area contributed by atoms with Gasteiger partial charge in [-0.05, 0) is 85.1 Å². The monoisotopic (exact) mass is 603 g/mol. The van der Waals surface area contributed by atoms with Crippen molar-refractivity contribution in [1.82, 2.24) is 0 Å². The summed E-state index contributed by atoms with van der Waals surface area (Å²) in [5, 5.41) is 2.48. The molecule has 1 heteroatoms. The van der Waals surface area contributed by atoms with Gasteiger partial charge in [-0.25, -0.2) is 0 Å². The van der Waals surface area contributed by atoms with Crippen LogP contribution >= 0.6 is 0 Å². The lowest BCUT2D eigenvalue weighted by atomic mass is 9.81. The molecule has 0 atom stereocenters. The first-order chi connectivity index (χ1) is 22.9. The van der Waals surface area contributed by atoms with Crippen molar-refractivity contribution in [3.05, 3.63) is 174 Å². The number of hydrogen-bond acceptors (Lipinski definition) is 1. The van der Waals surface area contributed by atoms with E-state index < -0.39 is 0 Å². The third-order valence-corrected chi connectivity index (χ3v) is 10.8. The van der Waals surface area contributed by atoms with Crippen LogP contribution in [0.2, 0.25) is 0 Å². The summed E-state index contributed by atoms with van der Waals surface area (Å²) < 4.78 is 0. The standard InChI is InChI=1S/C46H37N/c1-45(2)39-23-11-8-19-37(39)43-35(20-13-24-40(43)45)34-18-9-12-25-41(34)47(32-28-27-30-15-5-6-16-31(30)29-32)42-26-14-21-36-33-17-7-10-22-38(33)46(3,4)44(36)42/h5-29H,1-4H3. The largest absolute Gasteiger partial charge is 0.310 e. The molecule has 7 aromatic rings. The molecule has 0 aliphatic heterocycles. The van der Waals surface area contributed by atoms with Crippen molar-refractivity contribution < 1.29 is 0 Å². The van der Waals surface area contributed by atoms with Crippen LogP contribution in [0.5, 0.6) is 0 Å². The van der Waals surface area contributed by atoms with E-state index >= 15 is 0 Å². The number of nitrogens with zero attached hydrogens (tertiary/aromatic N) is 1. The Morgan fingerprint density at radius 1 is 0.383 bits per heavy atom. The smallest absolute Gasteiger partial charge is 0.0540 e. The van der Waals surface area contributed by atoms with Gasteiger partial charge in [-0.3, -0.25) is 0 Å². The summed E-state index contributed by atoms with van der Waals surface area (Å²) >= 11 is 0. The molecule has 0 heterocycles. The maximum absolute atomic E-state index is 2.53. The molecule has 2 aliphatic rings. The Bertz CT molecular complexity index is 2370. The van der Waals surface area contributed by atoms with Crippen LogP contribution < -0.4 is 4.90 Å². The SMILES string of the molecule is CC1(C)c2ccccc2-c2c(-c3ccccc3N(c3ccc4ccccc4c3)c3cccc4c3C(C)(C)c3ccccc3-4)cccc21. The minimum atomic E-state index is -0.163. The van der Waals surface area contributed by atoms with Gasteiger partial charge < -0.3 is 4.90 Å². The summed E-state index contributed by atoms with van der Waals surface area (Å²) in [6.45, 7) is 9.49. The molecule has 0 spiro atoms. The fourth-order valence-corrected chi connectivity index (χ4v) is 8.60. The van der Waals surface area contributed by atoms with Crippen molar-refractivity contribution in [3.8, 4) is 33.4 Å². The van der Waals surface area contributed by atoms with E-state index in [0.29, 0.717) is 0 Å². The molecule has 0 bridgehead atoms. The van der Waals surface area contributed by atoms with E-state index in [1.54, 1.807) is 0 Å². The zero-order valence-corrected chi connectivity index (χ0v) is 27.4. The van der Waals surface area contributed by atoms with Gasteiger partial charge in [0.05, 0.1) is 11.4 Å². The summed E-state index contributed by atoms with van der Waals surface area (Å²) in [4.78, 5) is 2.53. The highest BCUT2D eigenvalue weighted by atomic mass is 15.1. The van der Waals surface area contributed by atoms with Crippen LogP contribution in [0.4, 0.5) is 17.1 Å². The topological polar surface area (TPSA) is 3.24 Å². The van der Waals surface area contributed by atoms with Crippen molar-refractivity contribution in [2.75, 3.05) is 4.90 Å².